The minimum Gasteiger partial charge on any atom is -0.347 e. The van der Waals surface area contributed by atoms with E-state index in [0.717, 1.165) is 32.2 Å². The molecule has 6 heteroatoms. The second kappa shape index (κ2) is 15.7. The van der Waals surface area contributed by atoms with Gasteiger partial charge in [0.05, 0.1) is 43.3 Å². The highest BCUT2D eigenvalue weighted by Gasteiger charge is 2.50. The molecule has 0 amide bonds. The van der Waals surface area contributed by atoms with Crippen LogP contribution < -0.4 is 0 Å². The maximum Gasteiger partial charge on any atom is 0.174 e. The Morgan fingerprint density at radius 2 is 1.79 bits per heavy atom. The molecule has 3 rings (SSSR count). The summed E-state index contributed by atoms with van der Waals surface area (Å²) in [5.41, 5.74) is 2.34. The SMILES string of the molecule is C=C(C)F.C=CCn1ncc2c1/C=C/CCC1(OCCO1)C(C)(C)C2.CC.CC/C=C(\C)F. The normalized spacial score (nSPS) is 19.0. The molecule has 4 nitrogen and oxygen atoms in total. The first-order chi connectivity index (χ1) is 15.6. The van der Waals surface area contributed by atoms with Crippen LogP contribution in [-0.2, 0) is 22.4 Å². The summed E-state index contributed by atoms with van der Waals surface area (Å²) >= 11 is 0. The summed E-state index contributed by atoms with van der Waals surface area (Å²) < 4.78 is 36.5. The third-order valence-corrected chi connectivity index (χ3v) is 5.08. The predicted octanol–water partition coefficient (Wildman–Crippen LogP) is 7.97. The van der Waals surface area contributed by atoms with E-state index in [0.29, 0.717) is 13.2 Å². The molecule has 1 aromatic rings. The highest BCUT2D eigenvalue weighted by Crippen LogP contribution is 2.45. The molecule has 1 aliphatic heterocycles. The fraction of sp³-hybridized carbons (Fsp3) is 0.593. The fourth-order valence-electron chi connectivity index (χ4n) is 3.72. The van der Waals surface area contributed by atoms with Gasteiger partial charge in [0.1, 0.15) is 0 Å². The number of fused-ring (bicyclic) bond motifs is 1. The van der Waals surface area contributed by atoms with E-state index >= 15 is 0 Å². The molecule has 0 atom stereocenters. The zero-order chi connectivity index (χ0) is 25.5. The Morgan fingerprint density at radius 3 is 2.24 bits per heavy atom. The summed E-state index contributed by atoms with van der Waals surface area (Å²) in [5.74, 6) is -0.892. The molecule has 0 radical (unpaired) electrons. The Bertz CT molecular complexity index is 765. The van der Waals surface area contributed by atoms with Crippen molar-refractivity contribution in [1.82, 2.24) is 9.78 Å². The molecule has 1 spiro atoms. The summed E-state index contributed by atoms with van der Waals surface area (Å²) in [6, 6.07) is 0. The van der Waals surface area contributed by atoms with Crippen LogP contribution in [0.25, 0.3) is 6.08 Å². The van der Waals surface area contributed by atoms with Crippen molar-refractivity contribution < 1.29 is 18.3 Å². The van der Waals surface area contributed by atoms with Gasteiger partial charge in [0.15, 0.2) is 5.79 Å². The predicted molar refractivity (Wildman–Crippen MR) is 135 cm³/mol. The van der Waals surface area contributed by atoms with Gasteiger partial charge in [-0.05, 0) is 44.7 Å². The van der Waals surface area contributed by atoms with Gasteiger partial charge in [-0.3, -0.25) is 4.68 Å². The van der Waals surface area contributed by atoms with E-state index in [9.17, 15) is 8.78 Å². The molecule has 1 fully saturated rings. The van der Waals surface area contributed by atoms with E-state index in [2.05, 4.69) is 44.3 Å². The Kier molecular flexibility index (Phi) is 14.8. The van der Waals surface area contributed by atoms with Crippen molar-refractivity contribution in [2.45, 2.75) is 86.5 Å². The lowest BCUT2D eigenvalue weighted by Gasteiger charge is -2.42. The molecule has 1 aromatic heterocycles. The van der Waals surface area contributed by atoms with Crippen molar-refractivity contribution >= 4 is 6.08 Å². The van der Waals surface area contributed by atoms with Crippen LogP contribution >= 0.6 is 0 Å². The number of hydrogen-bond acceptors (Lipinski definition) is 3. The van der Waals surface area contributed by atoms with Gasteiger partial charge >= 0.3 is 0 Å². The smallest absolute Gasteiger partial charge is 0.174 e. The van der Waals surface area contributed by atoms with Crippen molar-refractivity contribution in [2.24, 2.45) is 5.41 Å². The molecule has 0 bridgehead atoms. The van der Waals surface area contributed by atoms with Crippen LogP contribution in [0.4, 0.5) is 8.78 Å². The number of allylic oxidation sites excluding steroid dienone is 5. The monoisotopic (exact) mass is 466 g/mol. The molecule has 0 aromatic carbocycles. The largest absolute Gasteiger partial charge is 0.347 e. The third-order valence-electron chi connectivity index (χ3n) is 5.08. The molecule has 1 aliphatic carbocycles. The summed E-state index contributed by atoms with van der Waals surface area (Å²) in [4.78, 5) is 0. The van der Waals surface area contributed by atoms with E-state index in [1.807, 2.05) is 37.7 Å². The van der Waals surface area contributed by atoms with Crippen molar-refractivity contribution in [2.75, 3.05) is 13.2 Å². The van der Waals surface area contributed by atoms with Crippen molar-refractivity contribution in [3.8, 4) is 0 Å². The van der Waals surface area contributed by atoms with Gasteiger partial charge < -0.3 is 9.47 Å². The van der Waals surface area contributed by atoms with Gasteiger partial charge in [0.25, 0.3) is 0 Å². The number of halogens is 2. The summed E-state index contributed by atoms with van der Waals surface area (Å²) in [7, 11) is 0. The highest BCUT2D eigenvalue weighted by molar-refractivity contribution is 5.50. The lowest BCUT2D eigenvalue weighted by Crippen LogP contribution is -2.47. The van der Waals surface area contributed by atoms with Crippen LogP contribution in [0.3, 0.4) is 0 Å². The molecular weight excluding hydrogens is 422 g/mol. The molecule has 2 aliphatic rings. The average molecular weight is 467 g/mol. The van der Waals surface area contributed by atoms with Crippen LogP contribution in [0.1, 0.15) is 79.0 Å². The summed E-state index contributed by atoms with van der Waals surface area (Å²) in [6.07, 6.45) is 13.3. The fourth-order valence-corrected chi connectivity index (χ4v) is 3.72. The molecule has 188 valence electrons. The average Bonchev–Trinajstić information content (AvgIpc) is 3.36. The molecule has 1 saturated heterocycles. The Labute approximate surface area is 200 Å². The lowest BCUT2D eigenvalue weighted by molar-refractivity contribution is -0.231. The van der Waals surface area contributed by atoms with Gasteiger partial charge in [0, 0.05) is 11.8 Å². The lowest BCUT2D eigenvalue weighted by atomic mass is 9.76. The number of ether oxygens (including phenoxy) is 2. The topological polar surface area (TPSA) is 36.3 Å². The molecule has 0 unspecified atom stereocenters. The van der Waals surface area contributed by atoms with E-state index < -0.39 is 5.79 Å². The van der Waals surface area contributed by atoms with Crippen molar-refractivity contribution in [3.63, 3.8) is 0 Å². The maximum atomic E-state index is 11.6. The second-order valence-electron chi connectivity index (χ2n) is 8.35. The molecule has 0 saturated carbocycles. The number of hydrogen-bond donors (Lipinski definition) is 0. The Balaban J connectivity index is 0.000000716. The number of rotatable bonds is 3. The minimum absolute atomic E-state index is 0.0856. The van der Waals surface area contributed by atoms with E-state index in [4.69, 9.17) is 9.47 Å². The quantitative estimate of drug-likeness (QED) is 0.424. The molecule has 33 heavy (non-hydrogen) atoms. The van der Waals surface area contributed by atoms with Crippen LogP contribution in [0.15, 0.2) is 49.2 Å². The first-order valence-corrected chi connectivity index (χ1v) is 11.8. The first kappa shape index (κ1) is 30.9. The van der Waals surface area contributed by atoms with Gasteiger partial charge in [-0.15, -0.1) is 6.58 Å². The van der Waals surface area contributed by atoms with Crippen molar-refractivity contribution in [1.29, 1.82) is 0 Å². The first-order valence-electron chi connectivity index (χ1n) is 11.8. The Morgan fingerprint density at radius 1 is 1.21 bits per heavy atom. The molecule has 2 heterocycles. The molecular formula is C27H44F2N2O2. The van der Waals surface area contributed by atoms with E-state index in [-0.39, 0.29) is 17.1 Å². The van der Waals surface area contributed by atoms with Crippen LogP contribution in [0, 0.1) is 5.41 Å². The second-order valence-corrected chi connectivity index (χ2v) is 8.35. The number of aromatic nitrogens is 2. The third kappa shape index (κ3) is 10.2. The zero-order valence-corrected chi connectivity index (χ0v) is 21.7. The van der Waals surface area contributed by atoms with Crippen LogP contribution in [0.2, 0.25) is 0 Å². The minimum atomic E-state index is -0.473. The van der Waals surface area contributed by atoms with Gasteiger partial charge in [-0.1, -0.05) is 59.4 Å². The highest BCUT2D eigenvalue weighted by atomic mass is 19.1. The van der Waals surface area contributed by atoms with Crippen LogP contribution in [0.5, 0.6) is 0 Å². The van der Waals surface area contributed by atoms with Gasteiger partial charge in [-0.2, -0.15) is 5.10 Å². The maximum absolute atomic E-state index is 11.6. The van der Waals surface area contributed by atoms with Gasteiger partial charge in [0.2, 0.25) is 0 Å². The van der Waals surface area contributed by atoms with E-state index in [1.165, 1.54) is 25.1 Å². The zero-order valence-electron chi connectivity index (χ0n) is 21.7. The van der Waals surface area contributed by atoms with Gasteiger partial charge in [-0.25, -0.2) is 8.78 Å². The van der Waals surface area contributed by atoms with E-state index in [1.54, 1.807) is 6.08 Å². The summed E-state index contributed by atoms with van der Waals surface area (Å²) in [5, 5.41) is 4.49. The van der Waals surface area contributed by atoms with Crippen molar-refractivity contribution in [3.05, 3.63) is 60.5 Å². The van der Waals surface area contributed by atoms with Crippen LogP contribution in [-0.4, -0.2) is 28.8 Å². The number of nitrogens with zero attached hydrogens (tertiary/aromatic N) is 2. The Hall–Kier alpha value is -2.05. The summed E-state index contributed by atoms with van der Waals surface area (Å²) in [6.45, 7) is 21.9. The molecule has 0 N–H and O–H groups in total. The standard InChI is InChI=1S/C17H24N2O2.C5H9F.C3H5F.C2H6/c1-4-9-19-15-7-5-6-8-17(20-10-11-21-17)16(2,3)12-14(15)13-18-19;1-3-4-5(2)6;1-3(2)4;1-2/h4-5,7,13H,1,6,8-12H2,2-3H3;4H,3H2,1-2H3;1H2,2H3;1-2H3/b7-5+;5-4+;;.